The highest BCUT2D eigenvalue weighted by molar-refractivity contribution is 14.0. The maximum absolute atomic E-state index is 12.8. The lowest BCUT2D eigenvalue weighted by Crippen LogP contribution is -2.44. The van der Waals surface area contributed by atoms with Gasteiger partial charge in [-0.15, -0.1) is 24.0 Å². The van der Waals surface area contributed by atoms with E-state index in [0.29, 0.717) is 35.8 Å². The van der Waals surface area contributed by atoms with Gasteiger partial charge < -0.3 is 10.6 Å². The number of hydrogen-bond donors (Lipinski definition) is 1. The molecule has 1 saturated carbocycles. The van der Waals surface area contributed by atoms with Gasteiger partial charge in [0.2, 0.25) is 0 Å². The lowest BCUT2D eigenvalue weighted by Gasteiger charge is -2.37. The molecule has 2 bridgehead atoms. The number of amidine groups is 1. The first kappa shape index (κ1) is 19.6. The Morgan fingerprint density at radius 2 is 1.96 bits per heavy atom. The lowest BCUT2D eigenvalue weighted by molar-refractivity contribution is -0.141. The van der Waals surface area contributed by atoms with Crippen LogP contribution < -0.4 is 10.6 Å². The van der Waals surface area contributed by atoms with E-state index < -0.39 is 11.9 Å². The van der Waals surface area contributed by atoms with Gasteiger partial charge in [0, 0.05) is 25.0 Å². The van der Waals surface area contributed by atoms with Crippen LogP contribution >= 0.6 is 35.7 Å². The number of halogens is 4. The summed E-state index contributed by atoms with van der Waals surface area (Å²) in [6.07, 6.45) is 0.814. The summed E-state index contributed by atoms with van der Waals surface area (Å²) in [6.45, 7) is 1.43. The van der Waals surface area contributed by atoms with Crippen molar-refractivity contribution in [2.24, 2.45) is 22.6 Å². The summed E-state index contributed by atoms with van der Waals surface area (Å²) >= 11 is 1.43. The highest BCUT2D eigenvalue weighted by Crippen LogP contribution is 2.41. The van der Waals surface area contributed by atoms with Crippen LogP contribution in [0.1, 0.15) is 18.5 Å². The lowest BCUT2D eigenvalue weighted by atomic mass is 9.92. The normalized spacial score (nSPS) is 27.1. The van der Waals surface area contributed by atoms with Crippen molar-refractivity contribution in [3.63, 3.8) is 0 Å². The second-order valence-electron chi connectivity index (χ2n) is 6.06. The second-order valence-corrected chi connectivity index (χ2v) is 6.89. The number of aliphatic imine (C=N–C) groups is 1. The van der Waals surface area contributed by atoms with Crippen molar-refractivity contribution in [2.75, 3.05) is 24.2 Å². The van der Waals surface area contributed by atoms with Gasteiger partial charge in [0.15, 0.2) is 5.17 Å². The van der Waals surface area contributed by atoms with Crippen LogP contribution in [0.15, 0.2) is 23.3 Å². The molecule has 0 aromatic carbocycles. The third-order valence-corrected chi connectivity index (χ3v) is 5.19. The fourth-order valence-electron chi connectivity index (χ4n) is 3.59. The fraction of sp³-hybridized carbons (Fsp3) is 0.600. The summed E-state index contributed by atoms with van der Waals surface area (Å²) in [5.41, 5.74) is 5.58. The first-order chi connectivity index (χ1) is 10.9. The molecule has 9 heteroatoms. The largest absolute Gasteiger partial charge is 0.433 e. The Hall–Kier alpha value is -0.710. The van der Waals surface area contributed by atoms with Crippen molar-refractivity contribution in [1.29, 1.82) is 0 Å². The summed E-state index contributed by atoms with van der Waals surface area (Å²) in [4.78, 5) is 10.1. The molecule has 2 N–H and O–H groups in total. The Morgan fingerprint density at radius 3 is 2.50 bits per heavy atom. The molecule has 1 aliphatic heterocycles. The number of hydrogen-bond acceptors (Lipinski definition) is 4. The predicted molar refractivity (Wildman–Crippen MR) is 102 cm³/mol. The SMILES string of the molecule is CSC(N)=NC1[C@@H]2CC[C@H]1CN(c1ccnc(C(F)(F)F)c1)C2.I. The quantitative estimate of drug-likeness (QED) is 0.406. The van der Waals surface area contributed by atoms with Crippen molar-refractivity contribution < 1.29 is 13.2 Å². The average Bonchev–Trinajstić information content (AvgIpc) is 2.75. The number of thioether (sulfide) groups is 1. The standard InChI is InChI=1S/C15H19F3N4S.HI/c1-23-14(19)21-13-9-2-3-10(13)8-22(7-9)11-4-5-20-12(6-11)15(16,17)18;/h4-6,9-10,13H,2-3,7-8H2,1H3,(H2,19,21);1H/t9-,10+,13?;. The smallest absolute Gasteiger partial charge is 0.379 e. The minimum absolute atomic E-state index is 0. The molecule has 3 atom stereocenters. The average molecular weight is 472 g/mol. The molecule has 2 aliphatic rings. The minimum atomic E-state index is -4.41. The summed E-state index contributed by atoms with van der Waals surface area (Å²) in [5.74, 6) is 0.698. The number of nitrogens with zero attached hydrogens (tertiary/aromatic N) is 3. The number of nitrogens with two attached hydrogens (primary N) is 1. The zero-order valence-corrected chi connectivity index (χ0v) is 16.3. The van der Waals surface area contributed by atoms with Gasteiger partial charge in [-0.1, -0.05) is 11.8 Å². The molecule has 3 rings (SSSR count). The Labute approximate surface area is 160 Å². The maximum Gasteiger partial charge on any atom is 0.433 e. The molecule has 4 nitrogen and oxygen atoms in total. The van der Waals surface area contributed by atoms with Crippen LogP contribution in [0, 0.1) is 11.8 Å². The molecule has 1 aromatic heterocycles. The predicted octanol–water partition coefficient (Wildman–Crippen LogP) is 3.61. The number of rotatable bonds is 2. The van der Waals surface area contributed by atoms with Crippen molar-refractivity contribution in [1.82, 2.24) is 4.98 Å². The van der Waals surface area contributed by atoms with E-state index in [-0.39, 0.29) is 30.0 Å². The third-order valence-electron chi connectivity index (χ3n) is 4.67. The molecule has 2 fully saturated rings. The molecule has 1 aromatic rings. The summed E-state index contributed by atoms with van der Waals surface area (Å²) in [6, 6.07) is 2.98. The number of anilines is 1. The first-order valence-corrected chi connectivity index (χ1v) is 8.76. The van der Waals surface area contributed by atoms with Crippen LogP contribution in [0.5, 0.6) is 0 Å². The van der Waals surface area contributed by atoms with E-state index in [0.717, 1.165) is 18.9 Å². The van der Waals surface area contributed by atoms with Gasteiger partial charge in [0.05, 0.1) is 6.04 Å². The minimum Gasteiger partial charge on any atom is -0.379 e. The van der Waals surface area contributed by atoms with Gasteiger partial charge in [-0.25, -0.2) is 0 Å². The molecule has 24 heavy (non-hydrogen) atoms. The van der Waals surface area contributed by atoms with Gasteiger partial charge in [-0.05, 0) is 43.1 Å². The summed E-state index contributed by atoms with van der Waals surface area (Å²) in [5, 5.41) is 0.587. The molecular weight excluding hydrogens is 452 g/mol. The fourth-order valence-corrected chi connectivity index (χ4v) is 3.81. The van der Waals surface area contributed by atoms with Crippen molar-refractivity contribution in [2.45, 2.75) is 25.1 Å². The van der Waals surface area contributed by atoms with E-state index in [4.69, 9.17) is 5.73 Å². The second kappa shape index (κ2) is 7.67. The zero-order valence-electron chi connectivity index (χ0n) is 13.2. The summed E-state index contributed by atoms with van der Waals surface area (Å²) < 4.78 is 38.5. The van der Waals surface area contributed by atoms with Crippen molar-refractivity contribution >= 4 is 46.6 Å². The Balaban J connectivity index is 0.00000208. The number of aromatic nitrogens is 1. The molecule has 0 radical (unpaired) electrons. The van der Waals surface area contributed by atoms with Gasteiger partial charge in [0.1, 0.15) is 5.69 Å². The number of pyridine rings is 1. The monoisotopic (exact) mass is 472 g/mol. The molecule has 1 unspecified atom stereocenters. The van der Waals surface area contributed by atoms with Crippen LogP contribution in [0.4, 0.5) is 18.9 Å². The van der Waals surface area contributed by atoms with E-state index in [9.17, 15) is 13.2 Å². The zero-order chi connectivity index (χ0) is 16.6. The molecule has 1 aliphatic carbocycles. The molecule has 0 amide bonds. The topological polar surface area (TPSA) is 54.5 Å². The van der Waals surface area contributed by atoms with Gasteiger partial charge in [-0.3, -0.25) is 9.98 Å². The number of piperidine rings is 1. The number of alkyl halides is 3. The van der Waals surface area contributed by atoms with Gasteiger partial charge >= 0.3 is 6.18 Å². The highest BCUT2D eigenvalue weighted by atomic mass is 127. The van der Waals surface area contributed by atoms with Gasteiger partial charge in [-0.2, -0.15) is 13.2 Å². The van der Waals surface area contributed by atoms with E-state index >= 15 is 0 Å². The van der Waals surface area contributed by atoms with E-state index in [1.165, 1.54) is 18.0 Å². The molecule has 1 saturated heterocycles. The Kier molecular flexibility index (Phi) is 6.27. The van der Waals surface area contributed by atoms with Crippen LogP contribution in [0.3, 0.4) is 0 Å². The Morgan fingerprint density at radius 1 is 1.33 bits per heavy atom. The Bertz CT molecular complexity index is 597. The molecule has 2 heterocycles. The third kappa shape index (κ3) is 4.09. The van der Waals surface area contributed by atoms with Crippen LogP contribution in [0.25, 0.3) is 0 Å². The molecule has 134 valence electrons. The highest BCUT2D eigenvalue weighted by Gasteiger charge is 2.42. The van der Waals surface area contributed by atoms with Crippen LogP contribution in [-0.2, 0) is 6.18 Å². The summed E-state index contributed by atoms with van der Waals surface area (Å²) in [7, 11) is 0. The van der Waals surface area contributed by atoms with E-state index in [1.807, 2.05) is 11.2 Å². The van der Waals surface area contributed by atoms with Crippen LogP contribution in [-0.4, -0.2) is 35.5 Å². The van der Waals surface area contributed by atoms with E-state index in [1.54, 1.807) is 6.07 Å². The maximum atomic E-state index is 12.8. The molecule has 0 spiro atoms. The van der Waals surface area contributed by atoms with Crippen molar-refractivity contribution in [3.8, 4) is 0 Å². The first-order valence-electron chi connectivity index (χ1n) is 7.54. The number of fused-ring (bicyclic) bond motifs is 2. The van der Waals surface area contributed by atoms with Crippen LogP contribution in [0.2, 0.25) is 0 Å². The van der Waals surface area contributed by atoms with E-state index in [2.05, 4.69) is 9.98 Å². The van der Waals surface area contributed by atoms with Gasteiger partial charge in [0.25, 0.3) is 0 Å². The van der Waals surface area contributed by atoms with Crippen molar-refractivity contribution in [3.05, 3.63) is 24.0 Å². The molecular formula is C15H20F3IN4S.